The molecule has 36 heavy (non-hydrogen) atoms. The Balaban J connectivity index is 1.77. The Morgan fingerprint density at radius 3 is 2.11 bits per heavy atom. The molecule has 0 saturated carbocycles. The zero-order valence-corrected chi connectivity index (χ0v) is 21.5. The fraction of sp³-hybridized carbons (Fsp3) is 0.333. The van der Waals surface area contributed by atoms with Crippen LogP contribution in [0.15, 0.2) is 78.9 Å². The van der Waals surface area contributed by atoms with Gasteiger partial charge in [0.25, 0.3) is 5.91 Å². The second-order valence-corrected chi connectivity index (χ2v) is 10.1. The Morgan fingerprint density at radius 1 is 0.889 bits per heavy atom. The number of carbonyl (C=O) groups excluding carboxylic acids is 2. The van der Waals surface area contributed by atoms with Crippen LogP contribution in [-0.4, -0.2) is 34.8 Å². The molecule has 0 radical (unpaired) electrons. The van der Waals surface area contributed by atoms with Gasteiger partial charge in [-0.3, -0.25) is 4.79 Å². The molecule has 6 heteroatoms. The molecule has 0 heterocycles. The minimum atomic E-state index is -0.946. The highest BCUT2D eigenvalue weighted by molar-refractivity contribution is 5.96. The van der Waals surface area contributed by atoms with Crippen molar-refractivity contribution in [2.75, 3.05) is 0 Å². The van der Waals surface area contributed by atoms with E-state index in [1.165, 1.54) is 0 Å². The number of carbonyl (C=O) groups is 2. The Labute approximate surface area is 213 Å². The van der Waals surface area contributed by atoms with Crippen molar-refractivity contribution in [1.82, 2.24) is 10.6 Å². The van der Waals surface area contributed by atoms with Crippen molar-refractivity contribution in [1.29, 1.82) is 0 Å². The lowest BCUT2D eigenvalue weighted by molar-refractivity contribution is 0.0910. The molecule has 3 aromatic carbocycles. The van der Waals surface area contributed by atoms with Gasteiger partial charge < -0.3 is 20.5 Å². The number of alkyl carbamates (subject to hydrolysis) is 1. The summed E-state index contributed by atoms with van der Waals surface area (Å²) in [5.74, 6) is -0.191. The molecular formula is C30H36N2O4. The summed E-state index contributed by atoms with van der Waals surface area (Å²) in [6.45, 7) is 7.84. The van der Waals surface area contributed by atoms with E-state index in [2.05, 4.69) is 10.6 Å². The first-order valence-corrected chi connectivity index (χ1v) is 12.2. The first-order valence-electron chi connectivity index (χ1n) is 12.2. The van der Waals surface area contributed by atoms with E-state index in [0.717, 1.165) is 16.7 Å². The van der Waals surface area contributed by atoms with Crippen molar-refractivity contribution >= 4 is 12.0 Å². The van der Waals surface area contributed by atoms with Gasteiger partial charge in [-0.2, -0.15) is 0 Å². The summed E-state index contributed by atoms with van der Waals surface area (Å²) >= 11 is 0. The Kier molecular flexibility index (Phi) is 9.25. The summed E-state index contributed by atoms with van der Waals surface area (Å²) in [5, 5.41) is 17.1. The van der Waals surface area contributed by atoms with E-state index in [1.807, 2.05) is 107 Å². The molecule has 2 atom stereocenters. The third-order valence-corrected chi connectivity index (χ3v) is 5.71. The largest absolute Gasteiger partial charge is 0.445 e. The summed E-state index contributed by atoms with van der Waals surface area (Å²) in [5.41, 5.74) is 3.65. The van der Waals surface area contributed by atoms with Crippen LogP contribution in [0.1, 0.15) is 53.4 Å². The fourth-order valence-electron chi connectivity index (χ4n) is 3.92. The maximum Gasteiger partial charge on any atom is 0.407 e. The van der Waals surface area contributed by atoms with Gasteiger partial charge in [-0.25, -0.2) is 4.79 Å². The first-order chi connectivity index (χ1) is 17.1. The van der Waals surface area contributed by atoms with Crippen LogP contribution in [0, 0.1) is 6.92 Å². The average molecular weight is 489 g/mol. The summed E-state index contributed by atoms with van der Waals surface area (Å²) in [6.07, 6.45) is -0.937. The van der Waals surface area contributed by atoms with Crippen LogP contribution in [0.5, 0.6) is 0 Å². The quantitative estimate of drug-likeness (QED) is 0.397. The van der Waals surface area contributed by atoms with Crippen LogP contribution >= 0.6 is 0 Å². The van der Waals surface area contributed by atoms with Crippen LogP contribution in [0.4, 0.5) is 4.79 Å². The molecule has 3 rings (SSSR count). The maximum absolute atomic E-state index is 13.0. The molecular weight excluding hydrogens is 452 g/mol. The number of hydrogen-bond donors (Lipinski definition) is 3. The molecule has 2 amide bonds. The van der Waals surface area contributed by atoms with E-state index in [9.17, 15) is 14.7 Å². The first kappa shape index (κ1) is 27.0. The normalized spacial score (nSPS) is 12.9. The summed E-state index contributed by atoms with van der Waals surface area (Å²) in [6, 6.07) is 24.1. The van der Waals surface area contributed by atoms with E-state index in [4.69, 9.17) is 4.74 Å². The molecule has 190 valence electrons. The topological polar surface area (TPSA) is 87.7 Å². The van der Waals surface area contributed by atoms with Gasteiger partial charge in [0.2, 0.25) is 0 Å². The zero-order valence-electron chi connectivity index (χ0n) is 21.5. The summed E-state index contributed by atoms with van der Waals surface area (Å²) in [7, 11) is 0. The summed E-state index contributed by atoms with van der Waals surface area (Å²) in [4.78, 5) is 25.6. The third kappa shape index (κ3) is 8.54. The number of aliphatic hydroxyl groups excluding tert-OH is 1. The highest BCUT2D eigenvalue weighted by atomic mass is 16.5. The second-order valence-electron chi connectivity index (χ2n) is 10.1. The maximum atomic E-state index is 13.0. The van der Waals surface area contributed by atoms with Gasteiger partial charge in [0.15, 0.2) is 0 Å². The minimum Gasteiger partial charge on any atom is -0.445 e. The molecule has 3 N–H and O–H groups in total. The van der Waals surface area contributed by atoms with Crippen molar-refractivity contribution in [2.45, 2.75) is 64.8 Å². The van der Waals surface area contributed by atoms with Crippen molar-refractivity contribution in [3.63, 3.8) is 0 Å². The van der Waals surface area contributed by atoms with Crippen LogP contribution < -0.4 is 10.6 Å². The molecule has 0 aliphatic heterocycles. The van der Waals surface area contributed by atoms with Crippen LogP contribution in [0.3, 0.4) is 0 Å². The average Bonchev–Trinajstić information content (AvgIpc) is 2.83. The van der Waals surface area contributed by atoms with Crippen LogP contribution in [0.25, 0.3) is 0 Å². The number of aliphatic hydroxyl groups is 1. The van der Waals surface area contributed by atoms with Crippen molar-refractivity contribution in [3.8, 4) is 0 Å². The Hall–Kier alpha value is -3.64. The number of amides is 2. The van der Waals surface area contributed by atoms with E-state index in [1.54, 1.807) is 0 Å². The van der Waals surface area contributed by atoms with E-state index >= 15 is 0 Å². The molecule has 0 saturated heterocycles. The number of aryl methyl sites for hydroxylation is 1. The zero-order chi connectivity index (χ0) is 26.1. The van der Waals surface area contributed by atoms with Crippen molar-refractivity contribution in [3.05, 3.63) is 107 Å². The molecule has 0 aromatic heterocycles. The number of benzene rings is 3. The van der Waals surface area contributed by atoms with Crippen molar-refractivity contribution in [2.24, 2.45) is 0 Å². The lowest BCUT2D eigenvalue weighted by atomic mass is 9.92. The lowest BCUT2D eigenvalue weighted by Crippen LogP contribution is -2.46. The summed E-state index contributed by atoms with van der Waals surface area (Å²) < 4.78 is 5.40. The molecule has 0 bridgehead atoms. The third-order valence-electron chi connectivity index (χ3n) is 5.71. The van der Waals surface area contributed by atoms with Crippen molar-refractivity contribution < 1.29 is 19.4 Å². The highest BCUT2D eigenvalue weighted by Gasteiger charge is 2.26. The lowest BCUT2D eigenvalue weighted by Gasteiger charge is -2.26. The standard InChI is InChI=1S/C30H36N2O4/c1-21-15-16-24(25(17-21)28(34)32-30(2,3)4)19-27(33)26(18-22-11-7-5-8-12-22)31-29(35)36-20-23-13-9-6-10-14-23/h5-17,26-27,33H,18-20H2,1-4H3,(H,31,35)(H,32,34)/t26-,27+/m0/s1. The Morgan fingerprint density at radius 2 is 1.50 bits per heavy atom. The molecule has 6 nitrogen and oxygen atoms in total. The molecule has 0 fully saturated rings. The van der Waals surface area contributed by atoms with Gasteiger partial charge in [-0.15, -0.1) is 0 Å². The Bertz CT molecular complexity index is 1140. The van der Waals surface area contributed by atoms with E-state index in [0.29, 0.717) is 17.5 Å². The van der Waals surface area contributed by atoms with Gasteiger partial charge >= 0.3 is 6.09 Å². The van der Waals surface area contributed by atoms with Crippen LogP contribution in [0.2, 0.25) is 0 Å². The van der Waals surface area contributed by atoms with Gasteiger partial charge in [0.05, 0.1) is 12.1 Å². The number of nitrogens with one attached hydrogen (secondary N) is 2. The number of rotatable bonds is 9. The van der Waals surface area contributed by atoms with Gasteiger partial charge in [0, 0.05) is 17.5 Å². The molecule has 0 aliphatic rings. The molecule has 0 spiro atoms. The minimum absolute atomic E-state index is 0.135. The predicted octanol–water partition coefficient (Wildman–Crippen LogP) is 4.96. The van der Waals surface area contributed by atoms with E-state index in [-0.39, 0.29) is 18.9 Å². The fourth-order valence-corrected chi connectivity index (χ4v) is 3.92. The van der Waals surface area contributed by atoms with E-state index < -0.39 is 23.8 Å². The number of hydrogen-bond acceptors (Lipinski definition) is 4. The number of ether oxygens (including phenoxy) is 1. The molecule has 0 aliphatic carbocycles. The molecule has 3 aromatic rings. The van der Waals surface area contributed by atoms with Gasteiger partial charge in [0.1, 0.15) is 6.61 Å². The monoisotopic (exact) mass is 488 g/mol. The van der Waals surface area contributed by atoms with Gasteiger partial charge in [-0.05, 0) is 56.9 Å². The highest BCUT2D eigenvalue weighted by Crippen LogP contribution is 2.18. The smallest absolute Gasteiger partial charge is 0.407 e. The van der Waals surface area contributed by atoms with Gasteiger partial charge in [-0.1, -0.05) is 78.4 Å². The van der Waals surface area contributed by atoms with Crippen LogP contribution in [-0.2, 0) is 24.2 Å². The second kappa shape index (κ2) is 12.4. The SMILES string of the molecule is Cc1ccc(C[C@@H](O)[C@H](Cc2ccccc2)NC(=O)OCc2ccccc2)c(C(=O)NC(C)(C)C)c1. The predicted molar refractivity (Wildman–Crippen MR) is 142 cm³/mol. The molecule has 0 unspecified atom stereocenters.